The van der Waals surface area contributed by atoms with Gasteiger partial charge in [0.15, 0.2) is 0 Å². The number of fused-ring (bicyclic) bond motifs is 6. The fourth-order valence-corrected chi connectivity index (χ4v) is 7.84. The van der Waals surface area contributed by atoms with Gasteiger partial charge in [0, 0.05) is 40.7 Å². The van der Waals surface area contributed by atoms with Crippen molar-refractivity contribution in [2.75, 3.05) is 7.05 Å². The molecule has 3 atom stereocenters. The van der Waals surface area contributed by atoms with E-state index in [4.69, 9.17) is 15.0 Å². The third kappa shape index (κ3) is 5.54. The van der Waals surface area contributed by atoms with Gasteiger partial charge in [-0.1, -0.05) is 133 Å². The predicted molar refractivity (Wildman–Crippen MR) is 219 cm³/mol. The molecule has 0 bridgehead atoms. The van der Waals surface area contributed by atoms with Crippen molar-refractivity contribution in [3.8, 4) is 16.8 Å². The Kier molecular flexibility index (Phi) is 7.85. The zero-order chi connectivity index (χ0) is 36.0. The molecule has 7 heteroatoms. The summed E-state index contributed by atoms with van der Waals surface area (Å²) in [6.07, 6.45) is 10.1. The van der Waals surface area contributed by atoms with Crippen molar-refractivity contribution in [1.29, 1.82) is 0 Å². The standard InChI is InChI=1S/C47H37N7/c1-53-30-11-10-20-40(53)47-49-42-38-18-9-8-17-37(38)41-39(19-12-29-48-41)43(42)54(47)36-27-25-32(26-28-36)31-21-23-35(24-22-31)46-51-44(33-13-4-2-5-14-33)50-45(52-46)34-15-6-3-7-16-34/h2-30,40,44,46,51H,1H3,(H,50,52). The van der Waals surface area contributed by atoms with Crippen LogP contribution in [0.2, 0.25) is 0 Å². The highest BCUT2D eigenvalue weighted by molar-refractivity contribution is 6.22. The van der Waals surface area contributed by atoms with Crippen LogP contribution in [0.5, 0.6) is 0 Å². The molecule has 260 valence electrons. The Morgan fingerprint density at radius 2 is 1.26 bits per heavy atom. The van der Waals surface area contributed by atoms with Gasteiger partial charge in [-0.15, -0.1) is 0 Å². The quantitative estimate of drug-likeness (QED) is 0.169. The second-order valence-electron chi connectivity index (χ2n) is 13.9. The maximum absolute atomic E-state index is 5.41. The van der Waals surface area contributed by atoms with Crippen LogP contribution in [0.3, 0.4) is 0 Å². The van der Waals surface area contributed by atoms with Crippen molar-refractivity contribution in [2.24, 2.45) is 4.99 Å². The van der Waals surface area contributed by atoms with Crippen LogP contribution in [-0.2, 0) is 0 Å². The van der Waals surface area contributed by atoms with Gasteiger partial charge >= 0.3 is 0 Å². The van der Waals surface area contributed by atoms with E-state index in [1.807, 2.05) is 24.4 Å². The molecule has 4 heterocycles. The average Bonchev–Trinajstić information content (AvgIpc) is 3.65. The lowest BCUT2D eigenvalue weighted by atomic mass is 10.0. The number of aromatic nitrogens is 3. The SMILES string of the molecule is CN1C=CC=CC1c1nc2c3ccccc3c3ncccc3c2n1-c1ccc(-c2ccc(C3NC(c4ccccc4)=NC(c4ccccc4)N3)cc2)cc1. The molecule has 3 unspecified atom stereocenters. The Labute approximate surface area is 313 Å². The van der Waals surface area contributed by atoms with E-state index in [-0.39, 0.29) is 18.4 Å². The second-order valence-corrected chi connectivity index (χ2v) is 13.9. The molecule has 2 N–H and O–H groups in total. The summed E-state index contributed by atoms with van der Waals surface area (Å²) in [5, 5.41) is 10.7. The van der Waals surface area contributed by atoms with E-state index in [0.717, 1.165) is 77.9 Å². The molecule has 10 rings (SSSR count). The summed E-state index contributed by atoms with van der Waals surface area (Å²) < 4.78 is 2.33. The summed E-state index contributed by atoms with van der Waals surface area (Å²) in [5.74, 6) is 1.84. The van der Waals surface area contributed by atoms with Crippen molar-refractivity contribution in [3.63, 3.8) is 0 Å². The first-order chi connectivity index (χ1) is 26.7. The highest BCUT2D eigenvalue weighted by Crippen LogP contribution is 2.39. The number of benzene rings is 6. The van der Waals surface area contributed by atoms with Gasteiger partial charge in [-0.25, -0.2) is 9.98 Å². The van der Waals surface area contributed by atoms with Crippen LogP contribution in [-0.4, -0.2) is 32.3 Å². The van der Waals surface area contributed by atoms with E-state index in [2.05, 4.69) is 179 Å². The summed E-state index contributed by atoms with van der Waals surface area (Å²) in [6.45, 7) is 0. The van der Waals surface area contributed by atoms with Crippen molar-refractivity contribution in [3.05, 3.63) is 199 Å². The lowest BCUT2D eigenvalue weighted by molar-refractivity contribution is 0.373. The lowest BCUT2D eigenvalue weighted by Gasteiger charge is -2.32. The largest absolute Gasteiger partial charge is 0.367 e. The highest BCUT2D eigenvalue weighted by Gasteiger charge is 2.27. The number of imidazole rings is 1. The number of hydrogen-bond donors (Lipinski definition) is 2. The van der Waals surface area contributed by atoms with Gasteiger partial charge in [0.1, 0.15) is 30.0 Å². The molecule has 8 aromatic rings. The number of nitrogens with zero attached hydrogens (tertiary/aromatic N) is 5. The minimum absolute atomic E-state index is 0.0314. The molecule has 7 nitrogen and oxygen atoms in total. The van der Waals surface area contributed by atoms with Gasteiger partial charge in [-0.05, 0) is 58.8 Å². The van der Waals surface area contributed by atoms with E-state index in [0.29, 0.717) is 0 Å². The molecule has 2 aromatic heterocycles. The van der Waals surface area contributed by atoms with Crippen LogP contribution >= 0.6 is 0 Å². The maximum atomic E-state index is 5.41. The summed E-state index contributed by atoms with van der Waals surface area (Å²) in [5.41, 5.74) is 9.71. The lowest BCUT2D eigenvalue weighted by Crippen LogP contribution is -2.44. The number of likely N-dealkylation sites (N-methyl/N-ethyl adjacent to an activating group) is 1. The fourth-order valence-electron chi connectivity index (χ4n) is 7.84. The van der Waals surface area contributed by atoms with Crippen molar-refractivity contribution in [2.45, 2.75) is 18.4 Å². The van der Waals surface area contributed by atoms with Crippen molar-refractivity contribution < 1.29 is 0 Å². The summed E-state index contributed by atoms with van der Waals surface area (Å²) in [7, 11) is 2.11. The van der Waals surface area contributed by atoms with Gasteiger partial charge in [0.2, 0.25) is 0 Å². The molecular weight excluding hydrogens is 663 g/mol. The topological polar surface area (TPSA) is 70.4 Å². The Bertz CT molecular complexity index is 2730. The van der Waals surface area contributed by atoms with E-state index in [1.54, 1.807) is 0 Å². The molecule has 2 aliphatic heterocycles. The Morgan fingerprint density at radius 1 is 0.593 bits per heavy atom. The molecule has 54 heavy (non-hydrogen) atoms. The minimum atomic E-state index is -0.171. The van der Waals surface area contributed by atoms with Crippen LogP contribution in [0.4, 0.5) is 0 Å². The van der Waals surface area contributed by atoms with Gasteiger partial charge < -0.3 is 10.2 Å². The number of pyridine rings is 1. The third-order valence-corrected chi connectivity index (χ3v) is 10.6. The second kappa shape index (κ2) is 13.3. The summed E-state index contributed by atoms with van der Waals surface area (Å²) in [4.78, 5) is 17.6. The Morgan fingerprint density at radius 3 is 2.00 bits per heavy atom. The van der Waals surface area contributed by atoms with Crippen molar-refractivity contribution >= 4 is 38.5 Å². The highest BCUT2D eigenvalue weighted by atomic mass is 15.3. The van der Waals surface area contributed by atoms with Crippen LogP contribution in [0.1, 0.15) is 40.9 Å². The van der Waals surface area contributed by atoms with E-state index in [1.165, 1.54) is 0 Å². The van der Waals surface area contributed by atoms with Crippen LogP contribution < -0.4 is 10.6 Å². The number of nitrogens with one attached hydrogen (secondary N) is 2. The van der Waals surface area contributed by atoms with Crippen LogP contribution in [0.15, 0.2) is 181 Å². The van der Waals surface area contributed by atoms with Gasteiger partial charge in [0.05, 0.1) is 16.6 Å². The number of amidine groups is 1. The molecule has 0 amide bonds. The number of aliphatic imine (C=N–C) groups is 1. The van der Waals surface area contributed by atoms with Crippen molar-refractivity contribution in [1.82, 2.24) is 30.1 Å². The predicted octanol–water partition coefficient (Wildman–Crippen LogP) is 9.79. The first-order valence-corrected chi connectivity index (χ1v) is 18.4. The van der Waals surface area contributed by atoms with Crippen LogP contribution in [0.25, 0.3) is 49.5 Å². The van der Waals surface area contributed by atoms with E-state index in [9.17, 15) is 0 Å². The normalized spacial score (nSPS) is 18.3. The van der Waals surface area contributed by atoms with E-state index < -0.39 is 0 Å². The van der Waals surface area contributed by atoms with E-state index >= 15 is 0 Å². The third-order valence-electron chi connectivity index (χ3n) is 10.6. The molecule has 0 fully saturated rings. The van der Waals surface area contributed by atoms with Crippen LogP contribution in [0, 0.1) is 0 Å². The smallest absolute Gasteiger partial charge is 0.141 e. The summed E-state index contributed by atoms with van der Waals surface area (Å²) >= 11 is 0. The summed E-state index contributed by atoms with van der Waals surface area (Å²) in [6, 6.07) is 51.0. The molecule has 0 saturated heterocycles. The molecule has 0 radical (unpaired) electrons. The maximum Gasteiger partial charge on any atom is 0.141 e. The number of allylic oxidation sites excluding steroid dienone is 2. The fraction of sp³-hybridized carbons (Fsp3) is 0.0851. The Balaban J connectivity index is 1.02. The monoisotopic (exact) mass is 699 g/mol. The Hall–Kier alpha value is -6.83. The molecule has 0 saturated carbocycles. The molecule has 6 aromatic carbocycles. The average molecular weight is 700 g/mol. The number of hydrogen-bond acceptors (Lipinski definition) is 6. The van der Waals surface area contributed by atoms with Gasteiger partial charge in [0.25, 0.3) is 0 Å². The first-order valence-electron chi connectivity index (χ1n) is 18.4. The van der Waals surface area contributed by atoms with Gasteiger partial charge in [-0.2, -0.15) is 0 Å². The molecule has 2 aliphatic rings. The number of rotatable bonds is 6. The van der Waals surface area contributed by atoms with Gasteiger partial charge in [-0.3, -0.25) is 14.9 Å². The molecule has 0 aliphatic carbocycles. The zero-order valence-electron chi connectivity index (χ0n) is 29.7. The molecular formula is C47H37N7. The minimum Gasteiger partial charge on any atom is -0.367 e. The zero-order valence-corrected chi connectivity index (χ0v) is 29.7. The molecule has 0 spiro atoms. The first kappa shape index (κ1) is 31.9.